The molecule has 0 spiro atoms. The van der Waals surface area contributed by atoms with Crippen molar-refractivity contribution in [2.75, 3.05) is 11.1 Å². The molecule has 10 heteroatoms. The molecular weight excluding hydrogens is 408 g/mol. The monoisotopic (exact) mass is 426 g/mol. The van der Waals surface area contributed by atoms with E-state index >= 15 is 0 Å². The summed E-state index contributed by atoms with van der Waals surface area (Å²) >= 11 is 0. The van der Waals surface area contributed by atoms with Gasteiger partial charge in [0.2, 0.25) is 10.0 Å². The van der Waals surface area contributed by atoms with Crippen LogP contribution in [-0.2, 0) is 10.0 Å². The zero-order valence-corrected chi connectivity index (χ0v) is 16.3. The number of carboxylic acid groups (broad SMARTS) is 1. The number of aromatic carboxylic acids is 1. The summed E-state index contributed by atoms with van der Waals surface area (Å²) in [6.07, 6.45) is 0. The highest BCUT2D eigenvalue weighted by Gasteiger charge is 2.28. The number of primary sulfonamides is 1. The highest BCUT2D eigenvalue weighted by Crippen LogP contribution is 2.38. The number of carbonyl (C=O) groups is 2. The highest BCUT2D eigenvalue weighted by atomic mass is 32.2. The lowest BCUT2D eigenvalue weighted by Gasteiger charge is -2.19. The standard InChI is InChI=1S/C20H18N4O5S/c21-17-14(11-5-2-1-3-6-11)10-15(18(30(23,28)29)16(17)19(22)25)24-13-8-4-7-12(9-13)20(26)27/h1-10,24H,21H2,(H2,22,25)(H,26,27)(H2,23,28,29). The number of amides is 1. The third-order valence-corrected chi connectivity index (χ3v) is 5.32. The number of benzene rings is 3. The summed E-state index contributed by atoms with van der Waals surface area (Å²) < 4.78 is 24.6. The molecule has 8 N–H and O–H groups in total. The Kier molecular flexibility index (Phi) is 5.45. The van der Waals surface area contributed by atoms with E-state index in [9.17, 15) is 23.1 Å². The molecule has 1 amide bonds. The smallest absolute Gasteiger partial charge is 0.335 e. The molecule has 0 bridgehead atoms. The van der Waals surface area contributed by atoms with Crippen LogP contribution in [0.25, 0.3) is 11.1 Å². The van der Waals surface area contributed by atoms with E-state index in [4.69, 9.17) is 16.6 Å². The van der Waals surface area contributed by atoms with Crippen LogP contribution in [0.5, 0.6) is 0 Å². The molecule has 3 rings (SSSR count). The minimum Gasteiger partial charge on any atom is -0.478 e. The van der Waals surface area contributed by atoms with E-state index in [0.29, 0.717) is 11.1 Å². The van der Waals surface area contributed by atoms with Gasteiger partial charge in [0.15, 0.2) is 0 Å². The molecule has 0 radical (unpaired) electrons. The first-order valence-corrected chi connectivity index (χ1v) is 10.1. The lowest BCUT2D eigenvalue weighted by atomic mass is 9.98. The van der Waals surface area contributed by atoms with Gasteiger partial charge in [-0.1, -0.05) is 36.4 Å². The predicted octanol–water partition coefficient (Wildman–Crippen LogP) is 2.12. The lowest BCUT2D eigenvalue weighted by molar-refractivity contribution is 0.0696. The van der Waals surface area contributed by atoms with Crippen LogP contribution < -0.4 is 21.9 Å². The molecular formula is C20H18N4O5S. The summed E-state index contributed by atoms with van der Waals surface area (Å²) in [5.74, 6) is -2.23. The third-order valence-electron chi connectivity index (χ3n) is 4.32. The molecule has 3 aromatic carbocycles. The molecule has 0 heterocycles. The van der Waals surface area contributed by atoms with Crippen LogP contribution >= 0.6 is 0 Å². The average molecular weight is 426 g/mol. The van der Waals surface area contributed by atoms with Gasteiger partial charge in [-0.3, -0.25) is 4.79 Å². The molecule has 0 aliphatic heterocycles. The number of nitrogens with one attached hydrogen (secondary N) is 1. The number of carbonyl (C=O) groups excluding carboxylic acids is 1. The van der Waals surface area contributed by atoms with Crippen molar-refractivity contribution >= 4 is 39.0 Å². The Hall–Kier alpha value is -3.89. The molecule has 0 aliphatic rings. The van der Waals surface area contributed by atoms with Crippen LogP contribution in [0.1, 0.15) is 20.7 Å². The van der Waals surface area contributed by atoms with Gasteiger partial charge in [0.1, 0.15) is 4.90 Å². The predicted molar refractivity (Wildman–Crippen MR) is 113 cm³/mol. The number of hydrogen-bond donors (Lipinski definition) is 5. The van der Waals surface area contributed by atoms with E-state index in [-0.39, 0.29) is 22.6 Å². The van der Waals surface area contributed by atoms with E-state index in [0.717, 1.165) is 0 Å². The number of nitrogen functional groups attached to an aromatic ring is 1. The van der Waals surface area contributed by atoms with Crippen LogP contribution in [0.2, 0.25) is 0 Å². The van der Waals surface area contributed by atoms with E-state index in [1.165, 1.54) is 30.3 Å². The van der Waals surface area contributed by atoms with Crippen molar-refractivity contribution in [1.82, 2.24) is 0 Å². The van der Waals surface area contributed by atoms with Crippen molar-refractivity contribution in [2.45, 2.75) is 4.90 Å². The second-order valence-corrected chi connectivity index (χ2v) is 7.87. The Bertz CT molecular complexity index is 1260. The van der Waals surface area contributed by atoms with Crippen LogP contribution in [0.4, 0.5) is 17.1 Å². The minimum atomic E-state index is -4.44. The quantitative estimate of drug-likeness (QED) is 0.374. The Morgan fingerprint density at radius 1 is 0.967 bits per heavy atom. The summed E-state index contributed by atoms with van der Waals surface area (Å²) in [7, 11) is -4.44. The fraction of sp³-hybridized carbons (Fsp3) is 0. The number of anilines is 3. The number of sulfonamides is 1. The second-order valence-electron chi connectivity index (χ2n) is 6.38. The number of rotatable bonds is 6. The van der Waals surface area contributed by atoms with Crippen molar-refractivity contribution in [1.29, 1.82) is 0 Å². The van der Waals surface area contributed by atoms with Gasteiger partial charge < -0.3 is 21.9 Å². The van der Waals surface area contributed by atoms with Gasteiger partial charge in [0, 0.05) is 11.3 Å². The fourth-order valence-electron chi connectivity index (χ4n) is 3.05. The first kappa shape index (κ1) is 20.8. The molecule has 0 saturated carbocycles. The number of hydrogen-bond acceptors (Lipinski definition) is 6. The van der Waals surface area contributed by atoms with Crippen LogP contribution in [-0.4, -0.2) is 25.4 Å². The van der Waals surface area contributed by atoms with Crippen molar-refractivity contribution < 1.29 is 23.1 Å². The number of nitrogens with two attached hydrogens (primary N) is 3. The van der Waals surface area contributed by atoms with E-state index in [1.54, 1.807) is 30.3 Å². The highest BCUT2D eigenvalue weighted by molar-refractivity contribution is 7.89. The zero-order chi connectivity index (χ0) is 22.1. The molecule has 0 aliphatic carbocycles. The lowest BCUT2D eigenvalue weighted by Crippen LogP contribution is -2.24. The largest absolute Gasteiger partial charge is 0.478 e. The first-order valence-electron chi connectivity index (χ1n) is 8.54. The molecule has 3 aromatic rings. The zero-order valence-electron chi connectivity index (χ0n) is 15.5. The van der Waals surface area contributed by atoms with Crippen molar-refractivity contribution in [3.05, 3.63) is 71.8 Å². The number of carboxylic acids is 1. The van der Waals surface area contributed by atoms with E-state index < -0.39 is 32.4 Å². The summed E-state index contributed by atoms with van der Waals surface area (Å²) in [5, 5.41) is 17.4. The van der Waals surface area contributed by atoms with Crippen molar-refractivity contribution in [2.24, 2.45) is 10.9 Å². The van der Waals surface area contributed by atoms with Crippen LogP contribution in [0, 0.1) is 0 Å². The van der Waals surface area contributed by atoms with Gasteiger partial charge in [-0.05, 0) is 29.8 Å². The van der Waals surface area contributed by atoms with Gasteiger partial charge >= 0.3 is 5.97 Å². The third kappa shape index (κ3) is 4.09. The molecule has 0 saturated heterocycles. The summed E-state index contributed by atoms with van der Waals surface area (Å²) in [4.78, 5) is 22.8. The maximum absolute atomic E-state index is 12.3. The minimum absolute atomic E-state index is 0.0222. The summed E-state index contributed by atoms with van der Waals surface area (Å²) in [6, 6.07) is 15.8. The molecule has 9 nitrogen and oxygen atoms in total. The Morgan fingerprint density at radius 2 is 1.63 bits per heavy atom. The Balaban J connectivity index is 2.32. The van der Waals surface area contributed by atoms with Gasteiger partial charge in [-0.2, -0.15) is 0 Å². The maximum Gasteiger partial charge on any atom is 0.335 e. The van der Waals surface area contributed by atoms with E-state index in [2.05, 4.69) is 5.32 Å². The molecule has 0 aromatic heterocycles. The Morgan fingerprint density at radius 3 is 2.20 bits per heavy atom. The molecule has 0 fully saturated rings. The van der Waals surface area contributed by atoms with E-state index in [1.807, 2.05) is 0 Å². The van der Waals surface area contributed by atoms with Crippen molar-refractivity contribution in [3.63, 3.8) is 0 Å². The summed E-state index contributed by atoms with van der Waals surface area (Å²) in [6.45, 7) is 0. The van der Waals surface area contributed by atoms with Gasteiger partial charge in [0.25, 0.3) is 5.91 Å². The summed E-state index contributed by atoms with van der Waals surface area (Å²) in [5.41, 5.74) is 12.1. The van der Waals surface area contributed by atoms with Crippen LogP contribution in [0.3, 0.4) is 0 Å². The molecule has 154 valence electrons. The molecule has 0 atom stereocenters. The molecule has 0 unspecified atom stereocenters. The number of primary amides is 1. The van der Waals surface area contributed by atoms with Gasteiger partial charge in [-0.25, -0.2) is 18.4 Å². The van der Waals surface area contributed by atoms with Crippen molar-refractivity contribution in [3.8, 4) is 11.1 Å². The van der Waals surface area contributed by atoms with Crippen LogP contribution in [0.15, 0.2) is 65.6 Å². The first-order chi connectivity index (χ1) is 14.1. The van der Waals surface area contributed by atoms with Gasteiger partial charge in [-0.15, -0.1) is 0 Å². The average Bonchev–Trinajstić information content (AvgIpc) is 2.68. The molecule has 30 heavy (non-hydrogen) atoms. The fourth-order valence-corrected chi connectivity index (χ4v) is 3.97. The SMILES string of the molecule is NC(=O)c1c(N)c(-c2ccccc2)cc(Nc2cccc(C(=O)O)c2)c1S(N)(=O)=O. The second kappa shape index (κ2) is 7.85. The topological polar surface area (TPSA) is 179 Å². The normalized spacial score (nSPS) is 11.1. The van der Waals surface area contributed by atoms with Gasteiger partial charge in [0.05, 0.1) is 22.5 Å². The Labute approximate surface area is 172 Å². The maximum atomic E-state index is 12.3.